The molecular weight excluding hydrogens is 487 g/mol. The van der Waals surface area contributed by atoms with Crippen molar-refractivity contribution in [3.8, 4) is 0 Å². The van der Waals surface area contributed by atoms with Crippen molar-refractivity contribution in [2.45, 2.75) is 0 Å². The maximum Gasteiger partial charge on any atom is 0.175 e. The first-order valence-corrected chi connectivity index (χ1v) is 14.3. The van der Waals surface area contributed by atoms with E-state index in [0.717, 1.165) is 60.1 Å². The average Bonchev–Trinajstić information content (AvgIpc) is 3.76. The molecule has 4 aromatic heterocycles. The second-order valence-electron chi connectivity index (χ2n) is 9.45. The molecule has 7 rings (SSSR count). The van der Waals surface area contributed by atoms with Crippen molar-refractivity contribution in [3.05, 3.63) is 153 Å². The molecule has 6 heteroatoms. The third-order valence-electron chi connectivity index (χ3n) is 6.88. The number of H-pyrrole nitrogens is 4. The number of rotatable bonds is 3. The van der Waals surface area contributed by atoms with E-state index in [-0.39, 0.29) is 0 Å². The molecule has 0 unspecified atom stereocenters. The van der Waals surface area contributed by atoms with Crippen LogP contribution in [0, 0.1) is 0 Å². The molecule has 0 amide bonds. The number of hydrogen-bond acceptors (Lipinski definition) is 1. The molecule has 0 saturated carbocycles. The van der Waals surface area contributed by atoms with Gasteiger partial charge in [-0.25, -0.2) is 0 Å². The summed E-state index contributed by atoms with van der Waals surface area (Å²) in [6.45, 7) is 0. The number of nitrogens with one attached hydrogen (secondary N) is 4. The topological polar surface area (TPSA) is 80.2 Å². The number of aromatic amines is 4. The lowest BCUT2D eigenvalue weighted by Crippen LogP contribution is -2.23. The number of hydrogen-bond donors (Lipinski definition) is 4. The largest absolute Gasteiger partial charge is 0.355 e. The van der Waals surface area contributed by atoms with Crippen LogP contribution in [0.25, 0.3) is 23.5 Å². The lowest BCUT2D eigenvalue weighted by molar-refractivity contribution is 0.592. The van der Waals surface area contributed by atoms with Gasteiger partial charge < -0.3 is 24.5 Å². The van der Waals surface area contributed by atoms with E-state index in [9.17, 15) is 0 Å². The van der Waals surface area contributed by atoms with E-state index < -0.39 is 7.14 Å². The van der Waals surface area contributed by atoms with Gasteiger partial charge in [-0.2, -0.15) is 0 Å². The summed E-state index contributed by atoms with van der Waals surface area (Å²) < 4.78 is 15.5. The van der Waals surface area contributed by atoms with Crippen LogP contribution in [0.3, 0.4) is 0 Å². The van der Waals surface area contributed by atoms with Gasteiger partial charge in [-0.1, -0.05) is 60.7 Å². The van der Waals surface area contributed by atoms with Crippen LogP contribution in [0.15, 0.2) is 109 Å². The van der Waals surface area contributed by atoms with E-state index >= 15 is 4.57 Å². The lowest BCUT2D eigenvalue weighted by Gasteiger charge is -2.22. The highest BCUT2D eigenvalue weighted by Gasteiger charge is 2.34. The Bertz CT molecular complexity index is 2010. The molecule has 8 bridgehead atoms. The minimum absolute atomic E-state index is 0.744. The Morgan fingerprint density at radius 1 is 0.447 bits per heavy atom. The Morgan fingerprint density at radius 3 is 1.55 bits per heavy atom. The molecule has 38 heavy (non-hydrogen) atoms. The first-order valence-electron chi connectivity index (χ1n) is 12.5. The Labute approximate surface area is 219 Å². The minimum Gasteiger partial charge on any atom is -0.355 e. The van der Waals surface area contributed by atoms with Gasteiger partial charge in [-0.3, -0.25) is 0 Å². The zero-order valence-corrected chi connectivity index (χ0v) is 21.4. The first kappa shape index (κ1) is 22.5. The maximum atomic E-state index is 15.5. The van der Waals surface area contributed by atoms with Gasteiger partial charge in [-0.15, -0.1) is 0 Å². The van der Waals surface area contributed by atoms with Crippen molar-refractivity contribution in [2.75, 3.05) is 0 Å². The highest BCUT2D eigenvalue weighted by molar-refractivity contribution is 7.87. The maximum absolute atomic E-state index is 15.5. The molecule has 5 heterocycles. The van der Waals surface area contributed by atoms with E-state index in [4.69, 9.17) is 0 Å². The monoisotopic (exact) mass is 512 g/mol. The molecule has 0 spiro atoms. The fourth-order valence-corrected chi connectivity index (χ4v) is 8.07. The normalized spacial score (nSPS) is 12.9. The van der Waals surface area contributed by atoms with Crippen LogP contribution in [-0.4, -0.2) is 19.9 Å². The summed E-state index contributed by atoms with van der Waals surface area (Å²) in [5.74, 6) is 0. The zero-order chi connectivity index (χ0) is 25.5. The van der Waals surface area contributed by atoms with Gasteiger partial charge in [0.1, 0.15) is 0 Å². The van der Waals surface area contributed by atoms with Crippen molar-refractivity contribution in [2.24, 2.45) is 0 Å². The van der Waals surface area contributed by atoms with Crippen LogP contribution < -0.4 is 32.0 Å². The van der Waals surface area contributed by atoms with Crippen molar-refractivity contribution >= 4 is 41.3 Å². The summed E-state index contributed by atoms with van der Waals surface area (Å²) in [6.07, 6.45) is 6.21. The van der Waals surface area contributed by atoms with Crippen LogP contribution in [0.5, 0.6) is 0 Å². The van der Waals surface area contributed by atoms with Crippen molar-refractivity contribution in [3.63, 3.8) is 0 Å². The Balaban J connectivity index is 1.59. The molecule has 0 fully saturated rings. The average molecular weight is 513 g/mol. The molecule has 0 atom stereocenters. The van der Waals surface area contributed by atoms with Crippen molar-refractivity contribution < 1.29 is 4.57 Å². The fraction of sp³-hybridized carbons (Fsp3) is 0. The molecule has 5 nitrogen and oxygen atoms in total. The van der Waals surface area contributed by atoms with E-state index in [1.807, 2.05) is 84.9 Å². The van der Waals surface area contributed by atoms with Crippen molar-refractivity contribution in [1.82, 2.24) is 19.9 Å². The highest BCUT2D eigenvalue weighted by Crippen LogP contribution is 2.54. The molecular formula is C32H25N4OP. The third-order valence-corrected chi connectivity index (χ3v) is 10.0. The molecule has 6 aromatic rings. The Morgan fingerprint density at radius 2 is 0.947 bits per heavy atom. The molecule has 0 radical (unpaired) electrons. The van der Waals surface area contributed by atoms with Gasteiger partial charge >= 0.3 is 0 Å². The van der Waals surface area contributed by atoms with Crippen LogP contribution >= 0.6 is 7.14 Å². The SMILES string of the molecule is O=P(C1=c2ccc([nH]2)=Cc2ccc([nH]2)C=c2ccc([nH]2)=Cc2ccc1[nH]2)(c1ccccc1)c1ccccc1. The van der Waals surface area contributed by atoms with Gasteiger partial charge in [0, 0.05) is 43.7 Å². The van der Waals surface area contributed by atoms with Crippen LogP contribution in [0.1, 0.15) is 22.8 Å². The van der Waals surface area contributed by atoms with E-state index in [1.165, 1.54) is 0 Å². The predicted octanol–water partition coefficient (Wildman–Crippen LogP) is 2.97. The summed E-state index contributed by atoms with van der Waals surface area (Å²) in [5, 5.41) is 6.04. The van der Waals surface area contributed by atoms with Crippen LogP contribution in [0.4, 0.5) is 0 Å². The summed E-state index contributed by atoms with van der Waals surface area (Å²) in [6, 6.07) is 35.9. The highest BCUT2D eigenvalue weighted by atomic mass is 31.2. The molecule has 2 aromatic carbocycles. The standard InChI is InChI=1S/C32H25N4OP/c37-38(28-7-3-1-4-8-28,29-9-5-2-6-10-29)32-30-17-15-26(35-30)20-24-13-11-22(33-24)19-23-12-14-25(34-23)21-27-16-18-31(32)36-27/h1-21,33-36H. The van der Waals surface area contributed by atoms with E-state index in [1.54, 1.807) is 0 Å². The first-order chi connectivity index (χ1) is 18.6. The molecule has 1 aliphatic heterocycles. The second-order valence-corrected chi connectivity index (χ2v) is 12.2. The quantitative estimate of drug-likeness (QED) is 0.270. The van der Waals surface area contributed by atoms with Crippen LogP contribution in [0.2, 0.25) is 0 Å². The second kappa shape index (κ2) is 8.98. The van der Waals surface area contributed by atoms with E-state index in [0.29, 0.717) is 0 Å². The van der Waals surface area contributed by atoms with E-state index in [2.05, 4.69) is 62.4 Å². The minimum atomic E-state index is -3.29. The molecule has 184 valence electrons. The molecule has 0 saturated heterocycles. The van der Waals surface area contributed by atoms with Gasteiger partial charge in [0.05, 0.1) is 16.4 Å². The Hall–Kier alpha value is -4.73. The van der Waals surface area contributed by atoms with Gasteiger partial charge in [0.15, 0.2) is 7.14 Å². The number of benzene rings is 2. The Kier molecular flexibility index (Phi) is 5.31. The summed E-state index contributed by atoms with van der Waals surface area (Å²) >= 11 is 0. The number of aromatic nitrogens is 4. The fourth-order valence-electron chi connectivity index (χ4n) is 5.13. The number of fused-ring (bicyclic) bond motifs is 8. The van der Waals surface area contributed by atoms with Gasteiger partial charge in [-0.05, 0) is 66.8 Å². The smallest absolute Gasteiger partial charge is 0.175 e. The lowest BCUT2D eigenvalue weighted by atomic mass is 10.3. The van der Waals surface area contributed by atoms with Gasteiger partial charge in [0.2, 0.25) is 0 Å². The van der Waals surface area contributed by atoms with Crippen molar-refractivity contribution in [1.29, 1.82) is 0 Å². The zero-order valence-electron chi connectivity index (χ0n) is 20.5. The third kappa shape index (κ3) is 3.94. The summed E-state index contributed by atoms with van der Waals surface area (Å²) in [4.78, 5) is 14.0. The van der Waals surface area contributed by atoms with Gasteiger partial charge in [0.25, 0.3) is 0 Å². The van der Waals surface area contributed by atoms with Crippen LogP contribution in [-0.2, 0) is 4.57 Å². The molecule has 1 aliphatic rings. The predicted molar refractivity (Wildman–Crippen MR) is 155 cm³/mol. The molecule has 0 aliphatic carbocycles. The molecule has 4 N–H and O–H groups in total. The summed E-state index contributed by atoms with van der Waals surface area (Å²) in [7, 11) is -3.29. The summed E-state index contributed by atoms with van der Waals surface area (Å²) in [5.41, 5.74) is 3.73.